The average Bonchev–Trinajstić information content (AvgIpc) is 2.08. The van der Waals surface area contributed by atoms with Crippen LogP contribution in [0.15, 0.2) is 0 Å². The maximum Gasteiger partial charge on any atom is 2.00 e. The summed E-state index contributed by atoms with van der Waals surface area (Å²) in [6, 6.07) is 0. The molecule has 0 aromatic carbocycles. The van der Waals surface area contributed by atoms with Crippen LogP contribution in [-0.2, 0) is 44.9 Å². The molecule has 0 spiro atoms. The average molecular weight is 424 g/mol. The van der Waals surface area contributed by atoms with Crippen LogP contribution in [-0.4, -0.2) is 53.3 Å². The molecule has 17 heteroatoms. The molecule has 0 rings (SSSR count). The molecule has 14 nitrogen and oxygen atoms in total. The van der Waals surface area contributed by atoms with Gasteiger partial charge >= 0.3 is 38.7 Å². The van der Waals surface area contributed by atoms with Crippen molar-refractivity contribution in [1.29, 1.82) is 0 Å². The summed E-state index contributed by atoms with van der Waals surface area (Å²) in [5.74, 6) is -5.65. The van der Waals surface area contributed by atoms with E-state index in [9.17, 15) is 33.7 Å². The standard InChI is InChI=1S/C6H8O7.Fe.H4O7P2/c7-3(8)1-6(13,5(11)12)2-4(9)10;;1-8(2,3)7-9(4,5)6/h13H,1-2H2,(H,7,8)(H,9,10)(H,11,12);;(H2,1,2,3)(H2,4,5,6)/q;+2;/p-2. The van der Waals surface area contributed by atoms with Crippen molar-refractivity contribution in [2.24, 2.45) is 0 Å². The molecule has 0 radical (unpaired) electrons. The van der Waals surface area contributed by atoms with Crippen molar-refractivity contribution < 1.29 is 84.9 Å². The second-order valence-electron chi connectivity index (χ2n) is 3.50. The smallest absolute Gasteiger partial charge is 0.550 e. The minimum absolute atomic E-state index is 0. The van der Waals surface area contributed by atoms with Gasteiger partial charge in [0.1, 0.15) is 0 Å². The summed E-state index contributed by atoms with van der Waals surface area (Å²) >= 11 is 0. The number of carbonyl (C=O) groups is 3. The fraction of sp³-hybridized carbons (Fsp3) is 0.500. The van der Waals surface area contributed by atoms with Crippen molar-refractivity contribution in [3.05, 3.63) is 0 Å². The van der Waals surface area contributed by atoms with Gasteiger partial charge in [-0.25, -0.2) is 13.9 Å². The summed E-state index contributed by atoms with van der Waals surface area (Å²) in [7, 11) is -10.1. The number of phosphoric acid groups is 2. The van der Waals surface area contributed by atoms with Crippen LogP contribution in [0.4, 0.5) is 0 Å². The van der Waals surface area contributed by atoms with Crippen LogP contribution in [0.3, 0.4) is 0 Å². The van der Waals surface area contributed by atoms with Gasteiger partial charge in [-0.15, -0.1) is 0 Å². The second-order valence-corrected chi connectivity index (χ2v) is 6.11. The molecule has 0 bridgehead atoms. The minimum Gasteiger partial charge on any atom is -0.550 e. The first-order chi connectivity index (χ1) is 9.48. The van der Waals surface area contributed by atoms with E-state index in [0.717, 1.165) is 0 Å². The number of aliphatic carboxylic acids is 3. The molecule has 0 aromatic heterocycles. The maximum absolute atomic E-state index is 10.3. The fourth-order valence-electron chi connectivity index (χ4n) is 0.830. The third-order valence-corrected chi connectivity index (χ3v) is 3.19. The molecule has 0 amide bonds. The first-order valence-electron chi connectivity index (χ1n) is 4.66. The van der Waals surface area contributed by atoms with Crippen molar-refractivity contribution in [2.45, 2.75) is 18.4 Å². The number of aliphatic hydroxyl groups is 1. The van der Waals surface area contributed by atoms with E-state index >= 15 is 0 Å². The summed E-state index contributed by atoms with van der Waals surface area (Å²) in [6.45, 7) is 0. The van der Waals surface area contributed by atoms with E-state index in [2.05, 4.69) is 4.31 Å². The summed E-state index contributed by atoms with van der Waals surface area (Å²) in [6.07, 6.45) is -2.59. The molecular formula is C6H10FeO14P2. The summed E-state index contributed by atoms with van der Waals surface area (Å²) < 4.78 is 22.2. The van der Waals surface area contributed by atoms with E-state index < -0.39 is 52.0 Å². The molecule has 136 valence electrons. The normalized spacial score (nSPS) is 11.5. The topological polar surface area (TPSA) is 262 Å². The van der Waals surface area contributed by atoms with E-state index in [1.165, 1.54) is 0 Å². The van der Waals surface area contributed by atoms with E-state index in [0.29, 0.717) is 0 Å². The molecule has 0 unspecified atom stereocenters. The molecule has 0 saturated carbocycles. The molecule has 0 aliphatic rings. The molecule has 0 aromatic rings. The number of carbonyl (C=O) groups excluding carboxylic acids is 2. The Morgan fingerprint density at radius 1 is 0.913 bits per heavy atom. The molecule has 0 aliphatic heterocycles. The van der Waals surface area contributed by atoms with E-state index in [1.54, 1.807) is 0 Å². The van der Waals surface area contributed by atoms with Crippen molar-refractivity contribution in [1.82, 2.24) is 0 Å². The van der Waals surface area contributed by atoms with E-state index in [1.807, 2.05) is 0 Å². The third-order valence-electron chi connectivity index (χ3n) is 1.48. The second kappa shape index (κ2) is 10.1. The predicted molar refractivity (Wildman–Crippen MR) is 57.0 cm³/mol. The Kier molecular flexibility index (Phi) is 11.9. The van der Waals surface area contributed by atoms with E-state index in [4.69, 9.17) is 29.8 Å². The van der Waals surface area contributed by atoms with Crippen LogP contribution in [0, 0.1) is 0 Å². The van der Waals surface area contributed by atoms with Gasteiger partial charge in [0.25, 0.3) is 0 Å². The number of carboxylic acid groups (broad SMARTS) is 3. The van der Waals surface area contributed by atoms with Gasteiger partial charge in [0.15, 0.2) is 5.60 Å². The van der Waals surface area contributed by atoms with Crippen LogP contribution >= 0.6 is 15.6 Å². The van der Waals surface area contributed by atoms with E-state index in [-0.39, 0.29) is 17.1 Å². The van der Waals surface area contributed by atoms with Gasteiger partial charge in [-0.1, -0.05) is 0 Å². The molecule has 23 heavy (non-hydrogen) atoms. The van der Waals surface area contributed by atoms with Crippen LogP contribution < -0.4 is 10.2 Å². The molecular weight excluding hydrogens is 414 g/mol. The molecule has 0 saturated heterocycles. The zero-order valence-electron chi connectivity index (χ0n) is 10.6. The minimum atomic E-state index is -5.05. The maximum atomic E-state index is 10.3. The van der Waals surface area contributed by atoms with Crippen molar-refractivity contribution in [2.75, 3.05) is 0 Å². The summed E-state index contributed by atoms with van der Waals surface area (Å²) in [5.41, 5.74) is -2.86. The Morgan fingerprint density at radius 2 is 1.17 bits per heavy atom. The first-order valence-corrected chi connectivity index (χ1v) is 7.72. The number of carboxylic acids is 3. The molecule has 0 fully saturated rings. The Morgan fingerprint density at radius 3 is 1.26 bits per heavy atom. The first kappa shape index (κ1) is 27.0. The largest absolute Gasteiger partial charge is 2.00 e. The summed E-state index contributed by atoms with van der Waals surface area (Å²) in [4.78, 5) is 61.2. The zero-order chi connectivity index (χ0) is 18.4. The summed E-state index contributed by atoms with van der Waals surface area (Å²) in [5, 5.41) is 37.2. The van der Waals surface area contributed by atoms with Crippen LogP contribution in [0.1, 0.15) is 12.8 Å². The van der Waals surface area contributed by atoms with Crippen LogP contribution in [0.2, 0.25) is 0 Å². The van der Waals surface area contributed by atoms with Crippen LogP contribution in [0.5, 0.6) is 0 Å². The fourth-order valence-corrected chi connectivity index (χ4v) is 1.94. The Balaban J connectivity index is -0.000000354. The molecule has 0 heterocycles. The molecule has 0 atom stereocenters. The van der Waals surface area contributed by atoms with Gasteiger partial charge in [0.2, 0.25) is 0 Å². The number of hydrogen-bond donors (Lipinski definition) is 6. The van der Waals surface area contributed by atoms with Gasteiger partial charge in [-0.05, 0) is 0 Å². The SMILES string of the molecule is O=C([O-])CC(O)(CC(=O)[O-])C(=O)O.O=P(O)(O)OP(=O)(O)O.[Fe+2]. The quantitative estimate of drug-likeness (QED) is 0.166. The van der Waals surface area contributed by atoms with Gasteiger partial charge in [0, 0.05) is 24.8 Å². The molecule has 0 aliphatic carbocycles. The monoisotopic (exact) mass is 424 g/mol. The Bertz CT molecular complexity index is 481. The van der Waals surface area contributed by atoms with Crippen molar-refractivity contribution in [3.63, 3.8) is 0 Å². The third kappa shape index (κ3) is 17.3. The van der Waals surface area contributed by atoms with Gasteiger partial charge in [-0.3, -0.25) is 0 Å². The van der Waals surface area contributed by atoms with Crippen molar-refractivity contribution >= 4 is 33.6 Å². The Hall–Kier alpha value is -0.851. The predicted octanol–water partition coefficient (Wildman–Crippen LogP) is -4.73. The number of hydrogen-bond acceptors (Lipinski definition) is 9. The zero-order valence-corrected chi connectivity index (χ0v) is 13.5. The number of rotatable bonds is 7. The van der Waals surface area contributed by atoms with Gasteiger partial charge in [0.05, 0.1) is 0 Å². The molecule has 6 N–H and O–H groups in total. The van der Waals surface area contributed by atoms with Crippen molar-refractivity contribution in [3.8, 4) is 0 Å². The van der Waals surface area contributed by atoms with Gasteiger partial charge < -0.3 is 49.6 Å². The Labute approximate surface area is 137 Å². The van der Waals surface area contributed by atoms with Gasteiger partial charge in [-0.2, -0.15) is 4.31 Å². The van der Waals surface area contributed by atoms with Crippen LogP contribution in [0.25, 0.3) is 0 Å².